The van der Waals surface area contributed by atoms with E-state index in [0.29, 0.717) is 20.7 Å². The molecule has 130 valence electrons. The Kier molecular flexibility index (Phi) is 6.11. The SMILES string of the molecule is Cc1c(NC(=O)COC(=O)c2cccc([N+](=O)[O-])c2)ccc(Br)c1Cl. The van der Waals surface area contributed by atoms with Crippen molar-refractivity contribution in [3.63, 3.8) is 0 Å². The second-order valence-corrected chi connectivity index (χ2v) is 6.20. The number of anilines is 1. The number of esters is 1. The summed E-state index contributed by atoms with van der Waals surface area (Å²) < 4.78 is 5.57. The third-order valence-corrected chi connectivity index (χ3v) is 4.62. The van der Waals surface area contributed by atoms with Gasteiger partial charge in [-0.1, -0.05) is 17.7 Å². The van der Waals surface area contributed by atoms with Gasteiger partial charge in [-0.15, -0.1) is 0 Å². The third-order valence-electron chi connectivity index (χ3n) is 3.24. The normalized spacial score (nSPS) is 10.2. The van der Waals surface area contributed by atoms with Gasteiger partial charge in [0.25, 0.3) is 11.6 Å². The largest absolute Gasteiger partial charge is 0.452 e. The minimum absolute atomic E-state index is 0.00938. The van der Waals surface area contributed by atoms with Gasteiger partial charge in [-0.25, -0.2) is 4.79 Å². The minimum Gasteiger partial charge on any atom is -0.452 e. The smallest absolute Gasteiger partial charge is 0.338 e. The minimum atomic E-state index is -0.829. The first-order valence-corrected chi connectivity index (χ1v) is 8.12. The van der Waals surface area contributed by atoms with Gasteiger partial charge in [-0.05, 0) is 46.6 Å². The molecule has 9 heteroatoms. The van der Waals surface area contributed by atoms with Gasteiger partial charge < -0.3 is 10.1 Å². The molecule has 0 unspecified atom stereocenters. The third kappa shape index (κ3) is 4.77. The van der Waals surface area contributed by atoms with E-state index in [2.05, 4.69) is 21.2 Å². The number of rotatable bonds is 5. The number of amides is 1. The van der Waals surface area contributed by atoms with Crippen molar-refractivity contribution in [3.05, 3.63) is 67.1 Å². The summed E-state index contributed by atoms with van der Waals surface area (Å²) >= 11 is 9.35. The van der Waals surface area contributed by atoms with Crippen LogP contribution in [0.5, 0.6) is 0 Å². The highest BCUT2D eigenvalue weighted by Gasteiger charge is 2.15. The van der Waals surface area contributed by atoms with Crippen molar-refractivity contribution in [1.29, 1.82) is 0 Å². The van der Waals surface area contributed by atoms with E-state index in [1.807, 2.05) is 0 Å². The summed E-state index contributed by atoms with van der Waals surface area (Å²) in [6.45, 7) is 1.20. The lowest BCUT2D eigenvalue weighted by Crippen LogP contribution is -2.21. The average molecular weight is 428 g/mol. The first-order valence-electron chi connectivity index (χ1n) is 6.95. The predicted octanol–water partition coefficient (Wildman–Crippen LogP) is 4.11. The Balaban J connectivity index is 1.98. The second kappa shape index (κ2) is 8.09. The fourth-order valence-corrected chi connectivity index (χ4v) is 2.53. The highest BCUT2D eigenvalue weighted by molar-refractivity contribution is 9.10. The highest BCUT2D eigenvalue weighted by Crippen LogP contribution is 2.30. The van der Waals surface area contributed by atoms with Crippen molar-refractivity contribution in [2.75, 3.05) is 11.9 Å². The van der Waals surface area contributed by atoms with Crippen molar-refractivity contribution in [3.8, 4) is 0 Å². The Bertz CT molecular complexity index is 856. The fourth-order valence-electron chi connectivity index (χ4n) is 1.93. The number of hydrogen-bond acceptors (Lipinski definition) is 5. The maximum atomic E-state index is 11.9. The Morgan fingerprint density at radius 3 is 2.72 bits per heavy atom. The molecule has 0 fully saturated rings. The van der Waals surface area contributed by atoms with Crippen LogP contribution in [-0.2, 0) is 9.53 Å². The Morgan fingerprint density at radius 2 is 2.04 bits per heavy atom. The zero-order chi connectivity index (χ0) is 18.6. The number of ether oxygens (including phenoxy) is 1. The molecule has 2 aromatic carbocycles. The van der Waals surface area contributed by atoms with Crippen LogP contribution in [0.1, 0.15) is 15.9 Å². The van der Waals surface area contributed by atoms with Gasteiger partial charge in [0.05, 0.1) is 15.5 Å². The maximum absolute atomic E-state index is 11.9. The second-order valence-electron chi connectivity index (χ2n) is 4.97. The van der Waals surface area contributed by atoms with Gasteiger partial charge >= 0.3 is 5.97 Å². The number of hydrogen-bond donors (Lipinski definition) is 1. The summed E-state index contributed by atoms with van der Waals surface area (Å²) in [5, 5.41) is 13.8. The topological polar surface area (TPSA) is 98.5 Å². The van der Waals surface area contributed by atoms with Crippen LogP contribution in [0.15, 0.2) is 40.9 Å². The Hall–Kier alpha value is -2.45. The predicted molar refractivity (Wildman–Crippen MR) is 95.9 cm³/mol. The molecule has 25 heavy (non-hydrogen) atoms. The van der Waals surface area contributed by atoms with Crippen molar-refractivity contribution in [2.45, 2.75) is 6.92 Å². The van der Waals surface area contributed by atoms with Gasteiger partial charge in [0, 0.05) is 22.3 Å². The number of nitro benzene ring substituents is 1. The lowest BCUT2D eigenvalue weighted by atomic mass is 10.2. The van der Waals surface area contributed by atoms with Gasteiger partial charge in [0.15, 0.2) is 6.61 Å². The quantitative estimate of drug-likeness (QED) is 0.440. The van der Waals surface area contributed by atoms with Crippen molar-refractivity contribution < 1.29 is 19.2 Å². The van der Waals surface area contributed by atoms with Crippen LogP contribution >= 0.6 is 27.5 Å². The van der Waals surface area contributed by atoms with E-state index < -0.39 is 23.4 Å². The molecular formula is C16H12BrClN2O5. The lowest BCUT2D eigenvalue weighted by molar-refractivity contribution is -0.384. The summed E-state index contributed by atoms with van der Waals surface area (Å²) in [5.41, 5.74) is 0.905. The molecule has 0 saturated heterocycles. The molecule has 0 bridgehead atoms. The van der Waals surface area contributed by atoms with Crippen LogP contribution < -0.4 is 5.32 Å². The molecule has 2 rings (SSSR count). The molecule has 1 amide bonds. The number of non-ortho nitro benzene ring substituents is 1. The van der Waals surface area contributed by atoms with Crippen molar-refractivity contribution >= 4 is 50.8 Å². The molecule has 0 spiro atoms. The highest BCUT2D eigenvalue weighted by atomic mass is 79.9. The number of carbonyl (C=O) groups is 2. The Labute approximate surface area is 156 Å². The van der Waals surface area contributed by atoms with E-state index in [-0.39, 0.29) is 11.3 Å². The molecule has 0 atom stereocenters. The van der Waals surface area contributed by atoms with Gasteiger partial charge in [-0.2, -0.15) is 0 Å². The van der Waals surface area contributed by atoms with Crippen molar-refractivity contribution in [1.82, 2.24) is 0 Å². The fraction of sp³-hybridized carbons (Fsp3) is 0.125. The first kappa shape index (κ1) is 18.9. The van der Waals surface area contributed by atoms with E-state index in [1.54, 1.807) is 19.1 Å². The van der Waals surface area contributed by atoms with E-state index in [0.717, 1.165) is 6.07 Å². The number of halogens is 2. The first-order chi connectivity index (χ1) is 11.8. The lowest BCUT2D eigenvalue weighted by Gasteiger charge is -2.11. The van der Waals surface area contributed by atoms with Crippen LogP contribution in [0.2, 0.25) is 5.02 Å². The molecule has 0 aliphatic rings. The number of nitrogens with one attached hydrogen (secondary N) is 1. The molecule has 0 aliphatic heterocycles. The van der Waals surface area contributed by atoms with Gasteiger partial charge in [0.2, 0.25) is 0 Å². The molecule has 0 heterocycles. The molecular weight excluding hydrogens is 416 g/mol. The van der Waals surface area contributed by atoms with Gasteiger partial charge in [-0.3, -0.25) is 14.9 Å². The standard InChI is InChI=1S/C16H12BrClN2O5/c1-9-13(6-5-12(17)15(9)18)19-14(21)8-25-16(22)10-3-2-4-11(7-10)20(23)24/h2-7H,8H2,1H3,(H,19,21). The zero-order valence-electron chi connectivity index (χ0n) is 12.9. The van der Waals surface area contributed by atoms with Crippen LogP contribution in [-0.4, -0.2) is 23.4 Å². The molecule has 0 aliphatic carbocycles. The van der Waals surface area contributed by atoms with E-state index >= 15 is 0 Å². The van der Waals surface area contributed by atoms with Crippen LogP contribution in [0.4, 0.5) is 11.4 Å². The summed E-state index contributed by atoms with van der Waals surface area (Å²) in [6, 6.07) is 8.40. The zero-order valence-corrected chi connectivity index (χ0v) is 15.3. The van der Waals surface area contributed by atoms with E-state index in [9.17, 15) is 19.7 Å². The molecule has 0 radical (unpaired) electrons. The number of carbonyl (C=O) groups excluding carboxylic acids is 2. The summed E-state index contributed by atoms with van der Waals surface area (Å²) in [7, 11) is 0. The maximum Gasteiger partial charge on any atom is 0.338 e. The van der Waals surface area contributed by atoms with Crippen LogP contribution in [0.25, 0.3) is 0 Å². The van der Waals surface area contributed by atoms with Crippen LogP contribution in [0.3, 0.4) is 0 Å². The number of nitrogens with zero attached hydrogens (tertiary/aromatic N) is 1. The summed E-state index contributed by atoms with van der Waals surface area (Å²) in [6.07, 6.45) is 0. The molecule has 2 aromatic rings. The molecule has 1 N–H and O–H groups in total. The van der Waals surface area contributed by atoms with Crippen LogP contribution in [0, 0.1) is 17.0 Å². The summed E-state index contributed by atoms with van der Waals surface area (Å²) in [5.74, 6) is -1.38. The van der Waals surface area contributed by atoms with Gasteiger partial charge in [0.1, 0.15) is 0 Å². The average Bonchev–Trinajstić information content (AvgIpc) is 2.60. The van der Waals surface area contributed by atoms with Crippen molar-refractivity contribution in [2.24, 2.45) is 0 Å². The Morgan fingerprint density at radius 1 is 1.32 bits per heavy atom. The van der Waals surface area contributed by atoms with E-state index in [4.69, 9.17) is 16.3 Å². The molecule has 0 saturated carbocycles. The van der Waals surface area contributed by atoms with E-state index in [1.165, 1.54) is 18.2 Å². The monoisotopic (exact) mass is 426 g/mol. The number of benzene rings is 2. The summed E-state index contributed by atoms with van der Waals surface area (Å²) in [4.78, 5) is 33.9. The molecule has 0 aromatic heterocycles. The molecule has 7 nitrogen and oxygen atoms in total. The number of nitro groups is 1.